The van der Waals surface area contributed by atoms with E-state index in [2.05, 4.69) is 20.6 Å². The molecule has 1 atom stereocenters. The Balaban J connectivity index is 1.56. The second kappa shape index (κ2) is 10.1. The van der Waals surface area contributed by atoms with Crippen LogP contribution in [-0.2, 0) is 19.1 Å². The number of carbonyl (C=O) groups is 3. The summed E-state index contributed by atoms with van der Waals surface area (Å²) in [5, 5.41) is 16.3. The predicted octanol–water partition coefficient (Wildman–Crippen LogP) is 1.83. The lowest BCUT2D eigenvalue weighted by molar-refractivity contribution is -0.384. The van der Waals surface area contributed by atoms with E-state index < -0.39 is 28.2 Å². The topological polar surface area (TPSA) is 177 Å². The Hall–Kier alpha value is -4.29. The van der Waals surface area contributed by atoms with E-state index >= 15 is 0 Å². The number of aromatic nitrogens is 2. The van der Waals surface area contributed by atoms with Gasteiger partial charge in [0, 0.05) is 31.6 Å². The van der Waals surface area contributed by atoms with E-state index in [1.807, 2.05) is 0 Å². The van der Waals surface area contributed by atoms with Crippen molar-refractivity contribution in [1.29, 1.82) is 0 Å². The van der Waals surface area contributed by atoms with Gasteiger partial charge in [0.15, 0.2) is 0 Å². The first kappa shape index (κ1) is 24.8. The molecule has 0 aliphatic carbocycles. The summed E-state index contributed by atoms with van der Waals surface area (Å²) in [5.41, 5.74) is 0.0441. The molecule has 1 aromatic heterocycles. The fourth-order valence-electron chi connectivity index (χ4n) is 4.40. The zero-order valence-electron chi connectivity index (χ0n) is 19.8. The van der Waals surface area contributed by atoms with Gasteiger partial charge in [0.25, 0.3) is 11.2 Å². The molecule has 1 unspecified atom stereocenters. The maximum Gasteiger partial charge on any atom is 0.309 e. The van der Waals surface area contributed by atoms with E-state index in [0.29, 0.717) is 38.1 Å². The Labute approximate surface area is 205 Å². The van der Waals surface area contributed by atoms with Crippen LogP contribution < -0.4 is 21.1 Å². The number of H-pyrrole nitrogens is 1. The average Bonchev–Trinajstić information content (AvgIpc) is 2.84. The number of nitrogens with zero attached hydrogens (tertiary/aromatic N) is 3. The maximum absolute atomic E-state index is 13.1. The summed E-state index contributed by atoms with van der Waals surface area (Å²) < 4.78 is 5.08. The number of amides is 2. The van der Waals surface area contributed by atoms with Gasteiger partial charge in [-0.3, -0.25) is 34.3 Å². The first-order valence-electron chi connectivity index (χ1n) is 11.6. The van der Waals surface area contributed by atoms with Crippen molar-refractivity contribution >= 4 is 40.9 Å². The SMILES string of the molecule is CCOC(=O)C1CCN(c2nc3c(c(=O)[nH]2)C(C(=O)Nc2cc([N+](=O)[O-])ccc2C)CC(=O)N3)CC1. The number of nitro benzene ring substituents is 1. The van der Waals surface area contributed by atoms with Crippen LogP contribution in [0.2, 0.25) is 0 Å². The normalized spacial score (nSPS) is 17.7. The molecule has 0 spiro atoms. The molecule has 1 aromatic carbocycles. The Kier molecular flexibility index (Phi) is 6.99. The molecule has 3 N–H and O–H groups in total. The summed E-state index contributed by atoms with van der Waals surface area (Å²) in [6.45, 7) is 4.65. The van der Waals surface area contributed by atoms with E-state index in [0.717, 1.165) is 0 Å². The molecule has 1 saturated heterocycles. The lowest BCUT2D eigenvalue weighted by Gasteiger charge is -2.32. The van der Waals surface area contributed by atoms with Crippen molar-refractivity contribution in [2.75, 3.05) is 35.2 Å². The number of non-ortho nitro benzene ring substituents is 1. The van der Waals surface area contributed by atoms with Crippen LogP contribution in [0.1, 0.15) is 43.2 Å². The summed E-state index contributed by atoms with van der Waals surface area (Å²) in [5.74, 6) is -2.51. The summed E-state index contributed by atoms with van der Waals surface area (Å²) >= 11 is 0. The van der Waals surface area contributed by atoms with Crippen LogP contribution in [0.3, 0.4) is 0 Å². The van der Waals surface area contributed by atoms with Gasteiger partial charge in [-0.2, -0.15) is 4.98 Å². The van der Waals surface area contributed by atoms with Gasteiger partial charge in [0.2, 0.25) is 17.8 Å². The average molecular weight is 498 g/mol. The van der Waals surface area contributed by atoms with Crippen molar-refractivity contribution in [3.63, 3.8) is 0 Å². The molecule has 13 nitrogen and oxygen atoms in total. The van der Waals surface area contributed by atoms with Crippen LogP contribution in [0, 0.1) is 23.0 Å². The van der Waals surface area contributed by atoms with Crippen LogP contribution in [0.5, 0.6) is 0 Å². The molecular weight excluding hydrogens is 472 g/mol. The standard InChI is InChI=1S/C23H26N6O7/c1-3-36-22(33)13-6-8-28(9-7-13)23-26-19-18(21(32)27-23)15(11-17(30)25-19)20(31)24-16-10-14(29(34)35)5-4-12(16)2/h4-5,10,13,15H,3,6-9,11H2,1-2H3,(H,24,31)(H2,25,26,27,30,32). The molecule has 1 fully saturated rings. The Bertz CT molecular complexity index is 1280. The Morgan fingerprint density at radius 1 is 1.28 bits per heavy atom. The highest BCUT2D eigenvalue weighted by Gasteiger charge is 2.36. The third-order valence-corrected chi connectivity index (χ3v) is 6.36. The lowest BCUT2D eigenvalue weighted by atomic mass is 9.92. The molecule has 4 rings (SSSR count). The number of piperidine rings is 1. The number of ether oxygens (including phenoxy) is 1. The fraction of sp³-hybridized carbons (Fsp3) is 0.435. The minimum Gasteiger partial charge on any atom is -0.466 e. The second-order valence-electron chi connectivity index (χ2n) is 8.72. The monoisotopic (exact) mass is 498 g/mol. The lowest BCUT2D eigenvalue weighted by Crippen LogP contribution is -2.41. The van der Waals surface area contributed by atoms with E-state index in [4.69, 9.17) is 4.74 Å². The third kappa shape index (κ3) is 5.04. The van der Waals surface area contributed by atoms with Gasteiger partial charge in [0.05, 0.1) is 34.6 Å². The zero-order valence-corrected chi connectivity index (χ0v) is 19.8. The van der Waals surface area contributed by atoms with Gasteiger partial charge >= 0.3 is 5.97 Å². The number of benzene rings is 1. The summed E-state index contributed by atoms with van der Waals surface area (Å²) in [4.78, 5) is 70.0. The first-order chi connectivity index (χ1) is 17.2. The van der Waals surface area contributed by atoms with Crippen LogP contribution in [0.25, 0.3) is 0 Å². The van der Waals surface area contributed by atoms with Crippen molar-refractivity contribution in [2.24, 2.45) is 5.92 Å². The molecule has 13 heteroatoms. The molecule has 3 heterocycles. The molecule has 2 amide bonds. The minimum absolute atomic E-state index is 0.00608. The number of nitro groups is 1. The molecule has 0 bridgehead atoms. The number of hydrogen-bond donors (Lipinski definition) is 3. The van der Waals surface area contributed by atoms with Crippen molar-refractivity contribution in [3.05, 3.63) is 49.8 Å². The number of anilines is 3. The van der Waals surface area contributed by atoms with Gasteiger partial charge in [-0.1, -0.05) is 6.07 Å². The molecule has 2 aromatic rings. The van der Waals surface area contributed by atoms with Crippen LogP contribution >= 0.6 is 0 Å². The van der Waals surface area contributed by atoms with E-state index in [1.54, 1.807) is 18.7 Å². The number of esters is 1. The van der Waals surface area contributed by atoms with E-state index in [1.165, 1.54) is 18.2 Å². The predicted molar refractivity (Wildman–Crippen MR) is 129 cm³/mol. The molecule has 2 aliphatic heterocycles. The van der Waals surface area contributed by atoms with Crippen LogP contribution in [0.4, 0.5) is 23.1 Å². The van der Waals surface area contributed by atoms with E-state index in [-0.39, 0.29) is 47.0 Å². The highest BCUT2D eigenvalue weighted by Crippen LogP contribution is 2.32. The smallest absolute Gasteiger partial charge is 0.309 e. The molecule has 2 aliphatic rings. The van der Waals surface area contributed by atoms with E-state index in [9.17, 15) is 29.3 Å². The molecule has 0 saturated carbocycles. The zero-order chi connectivity index (χ0) is 26.0. The minimum atomic E-state index is -1.13. The van der Waals surface area contributed by atoms with Crippen molar-refractivity contribution < 1.29 is 24.0 Å². The number of carbonyl (C=O) groups excluding carboxylic acids is 3. The summed E-state index contributed by atoms with van der Waals surface area (Å²) in [6, 6.07) is 4.05. The number of rotatable bonds is 6. The van der Waals surface area contributed by atoms with Crippen LogP contribution in [-0.4, -0.2) is 52.4 Å². The van der Waals surface area contributed by atoms with Gasteiger partial charge in [-0.25, -0.2) is 0 Å². The molecule has 0 radical (unpaired) electrons. The molecule has 36 heavy (non-hydrogen) atoms. The van der Waals surface area contributed by atoms with Gasteiger partial charge < -0.3 is 20.3 Å². The Morgan fingerprint density at radius 2 is 2.00 bits per heavy atom. The fourth-order valence-corrected chi connectivity index (χ4v) is 4.40. The molecule has 190 valence electrons. The Morgan fingerprint density at radius 3 is 2.67 bits per heavy atom. The number of fused-ring (bicyclic) bond motifs is 1. The van der Waals surface area contributed by atoms with Crippen molar-refractivity contribution in [1.82, 2.24) is 9.97 Å². The number of nitrogens with one attached hydrogen (secondary N) is 3. The second-order valence-corrected chi connectivity index (χ2v) is 8.72. The number of hydrogen-bond acceptors (Lipinski definition) is 9. The number of aromatic amines is 1. The summed E-state index contributed by atoms with van der Waals surface area (Å²) in [6.07, 6.45) is 0.779. The quantitative estimate of drug-likeness (QED) is 0.304. The highest BCUT2D eigenvalue weighted by atomic mass is 16.6. The maximum atomic E-state index is 13.1. The van der Waals surface area contributed by atoms with Gasteiger partial charge in [-0.05, 0) is 32.3 Å². The van der Waals surface area contributed by atoms with Gasteiger partial charge in [-0.15, -0.1) is 0 Å². The summed E-state index contributed by atoms with van der Waals surface area (Å²) in [7, 11) is 0. The van der Waals surface area contributed by atoms with Crippen LogP contribution in [0.15, 0.2) is 23.0 Å². The highest BCUT2D eigenvalue weighted by molar-refractivity contribution is 6.04. The third-order valence-electron chi connectivity index (χ3n) is 6.36. The largest absolute Gasteiger partial charge is 0.466 e. The van der Waals surface area contributed by atoms with Crippen molar-refractivity contribution in [3.8, 4) is 0 Å². The first-order valence-corrected chi connectivity index (χ1v) is 11.6. The number of aryl methyl sites for hydroxylation is 1. The molecular formula is C23H26N6O7. The van der Waals surface area contributed by atoms with Crippen molar-refractivity contribution in [2.45, 2.75) is 39.0 Å². The van der Waals surface area contributed by atoms with Gasteiger partial charge in [0.1, 0.15) is 5.82 Å².